The quantitative estimate of drug-likeness (QED) is 0.0431. The number of nitrogens with one attached hydrogen (secondary N) is 7. The van der Waals surface area contributed by atoms with Gasteiger partial charge in [-0.25, -0.2) is 9.59 Å². The fourth-order valence-corrected chi connectivity index (χ4v) is 9.49. The van der Waals surface area contributed by atoms with Gasteiger partial charge in [0.2, 0.25) is 47.3 Å². The fourth-order valence-electron chi connectivity index (χ4n) is 9.49. The van der Waals surface area contributed by atoms with Crippen LogP contribution in [0.4, 0.5) is 0 Å². The molecule has 0 radical (unpaired) electrons. The Morgan fingerprint density at radius 2 is 1.23 bits per heavy atom. The maximum atomic E-state index is 14.7. The molecule has 0 aliphatic carbocycles. The molecule has 8 N–H and O–H groups in total. The predicted octanol–water partition coefficient (Wildman–Crippen LogP) is 3.05. The number of allylic oxidation sites excluding steroid dienone is 1. The average Bonchev–Trinajstić information content (AvgIpc) is 4.16. The number of likely N-dealkylation sites (tertiary alicyclic amines) is 2. The van der Waals surface area contributed by atoms with E-state index >= 15 is 0 Å². The van der Waals surface area contributed by atoms with Gasteiger partial charge < -0.3 is 56.5 Å². The highest BCUT2D eigenvalue weighted by atomic mass is 16.5. The van der Waals surface area contributed by atoms with E-state index in [1.165, 1.54) is 36.0 Å². The van der Waals surface area contributed by atoms with Crippen molar-refractivity contribution in [3.8, 4) is 0 Å². The maximum Gasteiger partial charge on any atom is 0.330 e. The Balaban J connectivity index is 1.54. The summed E-state index contributed by atoms with van der Waals surface area (Å²) >= 11 is 0. The lowest BCUT2D eigenvalue weighted by Crippen LogP contribution is -2.60. The molecular weight excluding hydrogens is 955 g/mol. The standard InChI is InChI=1S/C53H79N9O12/c1-8-11-20-38(57-48(67)40(23-15-16-26-45(64)74-7)56-46(65)36(10-3)55-33(6)63)47(66)58-39(21-12-9-2)49(68)59-41(29-32(4)5)51(70)61-27-17-24-43(61)50(69)60-42(52(71)62-28-18-25-44(62)53(72)73)30-34-31-54-37-22-14-13-19-35(34)37/h13-14,16,19,22,26,31-32,36,38-44,54H,8-12,15,17-18,20-21,23-25,27-30H2,1-7H3,(H,55,63)(H,56,65)(H,57,67)(H,58,66)(H,59,68)(H,60,69)(H,72,73). The molecular formula is C53H79N9O12. The molecule has 8 atom stereocenters. The third-order valence-corrected chi connectivity index (χ3v) is 13.5. The minimum absolute atomic E-state index is 0.0194. The summed E-state index contributed by atoms with van der Waals surface area (Å²) in [5.74, 6) is -6.53. The third kappa shape index (κ3) is 17.4. The maximum absolute atomic E-state index is 14.7. The van der Waals surface area contributed by atoms with Gasteiger partial charge in [-0.1, -0.05) is 84.6 Å². The fraction of sp³-hybridized carbons (Fsp3) is 0.623. The molecule has 0 bridgehead atoms. The number of unbranched alkanes of at least 4 members (excludes halogenated alkanes) is 2. The van der Waals surface area contributed by atoms with E-state index in [0.717, 1.165) is 16.5 Å². The summed E-state index contributed by atoms with van der Waals surface area (Å²) < 4.78 is 4.64. The lowest BCUT2D eigenvalue weighted by molar-refractivity contribution is -0.149. The first-order valence-electron chi connectivity index (χ1n) is 26.3. The zero-order valence-electron chi connectivity index (χ0n) is 44.1. The number of carbonyl (C=O) groups excluding carboxylic acids is 9. The number of aromatic amines is 1. The number of hydrogen-bond donors (Lipinski definition) is 8. The van der Waals surface area contributed by atoms with E-state index in [1.54, 1.807) is 13.1 Å². The number of methoxy groups -OCH3 is 1. The summed E-state index contributed by atoms with van der Waals surface area (Å²) in [6.07, 6.45) is 9.33. The van der Waals surface area contributed by atoms with Crippen molar-refractivity contribution in [2.75, 3.05) is 20.2 Å². The number of fused-ring (bicyclic) bond motifs is 1. The number of rotatable bonds is 29. The van der Waals surface area contributed by atoms with Crippen molar-refractivity contribution in [2.24, 2.45) is 5.92 Å². The summed E-state index contributed by atoms with van der Waals surface area (Å²) in [6.45, 7) is 11.0. The number of para-hydroxylation sites is 1. The van der Waals surface area contributed by atoms with E-state index in [0.29, 0.717) is 38.5 Å². The van der Waals surface area contributed by atoms with Gasteiger partial charge in [0, 0.05) is 49.6 Å². The Hall–Kier alpha value is -6.80. The number of aliphatic carboxylic acids is 1. The predicted molar refractivity (Wildman–Crippen MR) is 276 cm³/mol. The lowest BCUT2D eigenvalue weighted by Gasteiger charge is -2.32. The minimum Gasteiger partial charge on any atom is -0.480 e. The lowest BCUT2D eigenvalue weighted by atomic mass is 10.00. The topological polar surface area (TPSA) is 295 Å². The number of aromatic nitrogens is 1. The van der Waals surface area contributed by atoms with Gasteiger partial charge in [0.1, 0.15) is 48.3 Å². The zero-order valence-corrected chi connectivity index (χ0v) is 44.1. The van der Waals surface area contributed by atoms with Gasteiger partial charge in [-0.15, -0.1) is 0 Å². The van der Waals surface area contributed by atoms with Crippen LogP contribution >= 0.6 is 0 Å². The smallest absolute Gasteiger partial charge is 0.330 e. The number of carbonyl (C=O) groups is 10. The highest BCUT2D eigenvalue weighted by molar-refractivity contribution is 5.98. The summed E-state index contributed by atoms with van der Waals surface area (Å²) in [5.41, 5.74) is 1.57. The molecule has 2 saturated heterocycles. The molecule has 2 aliphatic heterocycles. The van der Waals surface area contributed by atoms with E-state index < -0.39 is 108 Å². The van der Waals surface area contributed by atoms with Crippen molar-refractivity contribution >= 4 is 70.1 Å². The third-order valence-electron chi connectivity index (χ3n) is 13.5. The first-order chi connectivity index (χ1) is 35.3. The molecule has 2 aliphatic rings. The molecule has 8 unspecified atom stereocenters. The molecule has 0 spiro atoms. The molecule has 21 heteroatoms. The normalized spacial score (nSPS) is 17.9. The van der Waals surface area contributed by atoms with Crippen molar-refractivity contribution in [3.63, 3.8) is 0 Å². The second-order valence-electron chi connectivity index (χ2n) is 19.7. The number of carboxylic acid groups (broad SMARTS) is 1. The highest BCUT2D eigenvalue weighted by Gasteiger charge is 2.42. The van der Waals surface area contributed by atoms with Crippen LogP contribution in [-0.2, 0) is 59.1 Å². The van der Waals surface area contributed by atoms with Crippen LogP contribution < -0.4 is 31.9 Å². The van der Waals surface area contributed by atoms with Crippen molar-refractivity contribution in [3.05, 3.63) is 48.2 Å². The van der Waals surface area contributed by atoms with Crippen LogP contribution in [0.15, 0.2) is 42.6 Å². The van der Waals surface area contributed by atoms with Crippen LogP contribution in [0, 0.1) is 5.92 Å². The summed E-state index contributed by atoms with van der Waals surface area (Å²) in [7, 11) is 1.22. The largest absolute Gasteiger partial charge is 0.480 e. The number of benzene rings is 1. The molecule has 3 heterocycles. The minimum atomic E-state index is -1.19. The van der Waals surface area contributed by atoms with E-state index in [1.807, 2.05) is 52.0 Å². The number of nitrogens with zero attached hydrogens (tertiary/aromatic N) is 2. The first kappa shape index (κ1) is 59.8. The van der Waals surface area contributed by atoms with Gasteiger partial charge in [0.15, 0.2) is 0 Å². The molecule has 2 aromatic rings. The van der Waals surface area contributed by atoms with Gasteiger partial charge in [0.05, 0.1) is 7.11 Å². The number of hydrogen-bond acceptors (Lipinski definition) is 11. The summed E-state index contributed by atoms with van der Waals surface area (Å²) in [4.78, 5) is 141. The molecule has 4 rings (SSSR count). The number of esters is 1. The number of amides is 8. The molecule has 8 amide bonds. The number of H-pyrrole nitrogens is 1. The van der Waals surface area contributed by atoms with Crippen LogP contribution in [0.5, 0.6) is 0 Å². The highest BCUT2D eigenvalue weighted by Crippen LogP contribution is 2.25. The molecule has 408 valence electrons. The van der Waals surface area contributed by atoms with Crippen LogP contribution in [-0.4, -0.2) is 148 Å². The van der Waals surface area contributed by atoms with Gasteiger partial charge in [0.25, 0.3) is 0 Å². The van der Waals surface area contributed by atoms with E-state index in [-0.39, 0.29) is 76.8 Å². The van der Waals surface area contributed by atoms with Crippen molar-refractivity contribution in [2.45, 2.75) is 186 Å². The van der Waals surface area contributed by atoms with Crippen LogP contribution in [0.1, 0.15) is 137 Å². The Bertz CT molecular complexity index is 2320. The Kier molecular flexibility index (Phi) is 24.1. The van der Waals surface area contributed by atoms with Crippen molar-refractivity contribution < 1.29 is 57.8 Å². The molecule has 21 nitrogen and oxygen atoms in total. The number of carboxylic acids is 1. The van der Waals surface area contributed by atoms with Gasteiger partial charge in [-0.2, -0.15) is 0 Å². The average molecular weight is 1030 g/mol. The summed E-state index contributed by atoms with van der Waals surface area (Å²) in [5, 5.41) is 27.4. The zero-order chi connectivity index (χ0) is 54.5. The molecule has 2 fully saturated rings. The Labute approximate surface area is 433 Å². The van der Waals surface area contributed by atoms with E-state index in [4.69, 9.17) is 0 Å². The Morgan fingerprint density at radius 3 is 1.77 bits per heavy atom. The van der Waals surface area contributed by atoms with Crippen LogP contribution in [0.25, 0.3) is 10.9 Å². The molecule has 1 aromatic heterocycles. The second-order valence-corrected chi connectivity index (χ2v) is 19.7. The van der Waals surface area contributed by atoms with E-state index in [9.17, 15) is 53.1 Å². The number of ether oxygens (including phenoxy) is 1. The van der Waals surface area contributed by atoms with Crippen molar-refractivity contribution in [1.82, 2.24) is 46.7 Å². The van der Waals surface area contributed by atoms with Crippen LogP contribution in [0.3, 0.4) is 0 Å². The molecule has 0 saturated carbocycles. The first-order valence-corrected chi connectivity index (χ1v) is 26.3. The van der Waals surface area contributed by atoms with Crippen molar-refractivity contribution in [1.29, 1.82) is 0 Å². The van der Waals surface area contributed by atoms with Gasteiger partial charge >= 0.3 is 11.9 Å². The van der Waals surface area contributed by atoms with Gasteiger partial charge in [-0.3, -0.25) is 38.4 Å². The molecule has 1 aromatic carbocycles. The van der Waals surface area contributed by atoms with Gasteiger partial charge in [-0.05, 0) is 81.8 Å². The monoisotopic (exact) mass is 1030 g/mol. The molecule has 74 heavy (non-hydrogen) atoms. The summed E-state index contributed by atoms with van der Waals surface area (Å²) in [6, 6.07) is -1.23. The Morgan fingerprint density at radius 1 is 0.703 bits per heavy atom. The van der Waals surface area contributed by atoms with E-state index in [2.05, 4.69) is 41.6 Å². The van der Waals surface area contributed by atoms with Crippen LogP contribution in [0.2, 0.25) is 0 Å². The second kappa shape index (κ2) is 29.8. The SMILES string of the molecule is CCCCC(NC(=O)C(CCC=CC(=O)OC)NC(=O)C(CC)NC(C)=O)C(=O)NC(CCCC)C(=O)NC(CC(C)C)C(=O)N1CCCC1C(=O)NC(Cc1c[nH]c2ccccc12)C(=O)N1CCCC1C(=O)O.